The van der Waals surface area contributed by atoms with Gasteiger partial charge in [0.05, 0.1) is 32.1 Å². The molecule has 0 radical (unpaired) electrons. The summed E-state index contributed by atoms with van der Waals surface area (Å²) in [5.74, 6) is 1.22. The van der Waals surface area contributed by atoms with Gasteiger partial charge in [-0.1, -0.05) is 12.1 Å². The SMILES string of the molecule is COc1ccccc1-n1nc(C)c(CO)c1OC. The predicted molar refractivity (Wildman–Crippen MR) is 67.3 cm³/mol. The molecule has 0 aliphatic rings. The van der Waals surface area contributed by atoms with Gasteiger partial charge in [0.15, 0.2) is 0 Å². The van der Waals surface area contributed by atoms with Gasteiger partial charge in [0, 0.05) is 0 Å². The van der Waals surface area contributed by atoms with Crippen molar-refractivity contribution < 1.29 is 14.6 Å². The monoisotopic (exact) mass is 248 g/mol. The zero-order chi connectivity index (χ0) is 13.1. The highest BCUT2D eigenvalue weighted by atomic mass is 16.5. The van der Waals surface area contributed by atoms with E-state index in [4.69, 9.17) is 9.47 Å². The number of aliphatic hydroxyl groups is 1. The Kier molecular flexibility index (Phi) is 3.53. The number of aryl methyl sites for hydroxylation is 1. The smallest absolute Gasteiger partial charge is 0.222 e. The van der Waals surface area contributed by atoms with Crippen LogP contribution in [0.1, 0.15) is 11.3 Å². The van der Waals surface area contributed by atoms with E-state index in [-0.39, 0.29) is 6.61 Å². The van der Waals surface area contributed by atoms with Gasteiger partial charge in [0.2, 0.25) is 5.88 Å². The molecule has 0 saturated carbocycles. The highest BCUT2D eigenvalue weighted by Crippen LogP contribution is 2.30. The summed E-state index contributed by atoms with van der Waals surface area (Å²) in [6.07, 6.45) is 0. The molecule has 1 aromatic carbocycles. The fraction of sp³-hybridized carbons (Fsp3) is 0.308. The molecule has 96 valence electrons. The standard InChI is InChI=1S/C13H16N2O3/c1-9-10(8-16)13(18-3)15(14-9)11-6-4-5-7-12(11)17-2/h4-7,16H,8H2,1-3H3. The van der Waals surface area contributed by atoms with E-state index >= 15 is 0 Å². The van der Waals surface area contributed by atoms with E-state index in [1.807, 2.05) is 31.2 Å². The van der Waals surface area contributed by atoms with Gasteiger partial charge in [-0.05, 0) is 19.1 Å². The normalized spacial score (nSPS) is 10.4. The van der Waals surface area contributed by atoms with E-state index in [0.717, 1.165) is 11.4 Å². The van der Waals surface area contributed by atoms with Crippen LogP contribution in [0.3, 0.4) is 0 Å². The van der Waals surface area contributed by atoms with Crippen molar-refractivity contribution in [2.24, 2.45) is 0 Å². The number of hydrogen-bond donors (Lipinski definition) is 1. The van der Waals surface area contributed by atoms with Crippen molar-refractivity contribution in [2.75, 3.05) is 14.2 Å². The van der Waals surface area contributed by atoms with Crippen molar-refractivity contribution in [3.05, 3.63) is 35.5 Å². The molecule has 0 aliphatic heterocycles. The zero-order valence-electron chi connectivity index (χ0n) is 10.7. The molecule has 0 fully saturated rings. The molecular formula is C13H16N2O3. The fourth-order valence-electron chi connectivity index (χ4n) is 1.90. The Balaban J connectivity index is 2.63. The Morgan fingerprint density at radius 3 is 2.56 bits per heavy atom. The van der Waals surface area contributed by atoms with Crippen LogP contribution in [0.15, 0.2) is 24.3 Å². The van der Waals surface area contributed by atoms with E-state index in [1.165, 1.54) is 0 Å². The predicted octanol–water partition coefficient (Wildman–Crippen LogP) is 1.69. The maximum Gasteiger partial charge on any atom is 0.222 e. The van der Waals surface area contributed by atoms with E-state index in [2.05, 4.69) is 5.10 Å². The summed E-state index contributed by atoms with van der Waals surface area (Å²) < 4.78 is 12.3. The van der Waals surface area contributed by atoms with Crippen molar-refractivity contribution in [3.8, 4) is 17.3 Å². The highest BCUT2D eigenvalue weighted by Gasteiger charge is 2.18. The van der Waals surface area contributed by atoms with Crippen LogP contribution in [-0.4, -0.2) is 29.1 Å². The first kappa shape index (κ1) is 12.4. The van der Waals surface area contributed by atoms with Gasteiger partial charge in [0.1, 0.15) is 11.4 Å². The van der Waals surface area contributed by atoms with E-state index < -0.39 is 0 Å². The van der Waals surface area contributed by atoms with Crippen LogP contribution in [0.4, 0.5) is 0 Å². The van der Waals surface area contributed by atoms with E-state index in [9.17, 15) is 5.11 Å². The molecule has 5 heteroatoms. The Bertz CT molecular complexity index is 549. The van der Waals surface area contributed by atoms with Crippen LogP contribution in [0.2, 0.25) is 0 Å². The van der Waals surface area contributed by atoms with Crippen LogP contribution in [0.25, 0.3) is 5.69 Å². The molecule has 5 nitrogen and oxygen atoms in total. The molecule has 0 bridgehead atoms. The summed E-state index contributed by atoms with van der Waals surface area (Å²) in [6, 6.07) is 7.52. The summed E-state index contributed by atoms with van der Waals surface area (Å²) in [5.41, 5.74) is 2.20. The summed E-state index contributed by atoms with van der Waals surface area (Å²) in [7, 11) is 3.16. The molecule has 0 amide bonds. The molecule has 0 aliphatic carbocycles. The zero-order valence-corrected chi connectivity index (χ0v) is 10.7. The fourth-order valence-corrected chi connectivity index (χ4v) is 1.90. The molecule has 18 heavy (non-hydrogen) atoms. The lowest BCUT2D eigenvalue weighted by molar-refractivity contribution is 0.271. The number of nitrogens with zero attached hydrogens (tertiary/aromatic N) is 2. The second-order valence-corrected chi connectivity index (χ2v) is 3.82. The topological polar surface area (TPSA) is 56.5 Å². The average Bonchev–Trinajstić information content (AvgIpc) is 2.74. The largest absolute Gasteiger partial charge is 0.494 e. The highest BCUT2D eigenvalue weighted by molar-refractivity contribution is 5.50. The van der Waals surface area contributed by atoms with Gasteiger partial charge in [-0.25, -0.2) is 0 Å². The third kappa shape index (κ3) is 1.93. The maximum atomic E-state index is 9.35. The van der Waals surface area contributed by atoms with Crippen LogP contribution in [0.5, 0.6) is 11.6 Å². The van der Waals surface area contributed by atoms with Gasteiger partial charge in [-0.2, -0.15) is 9.78 Å². The summed E-state index contributed by atoms with van der Waals surface area (Å²) in [6.45, 7) is 1.73. The number of hydrogen-bond acceptors (Lipinski definition) is 4. The van der Waals surface area contributed by atoms with Crippen LogP contribution < -0.4 is 9.47 Å². The Morgan fingerprint density at radius 1 is 1.22 bits per heavy atom. The lowest BCUT2D eigenvalue weighted by Crippen LogP contribution is -2.03. The molecule has 2 rings (SSSR count). The number of ether oxygens (including phenoxy) is 2. The minimum absolute atomic E-state index is 0.107. The minimum Gasteiger partial charge on any atom is -0.494 e. The van der Waals surface area contributed by atoms with Gasteiger partial charge in [0.25, 0.3) is 0 Å². The third-order valence-corrected chi connectivity index (χ3v) is 2.80. The molecule has 1 heterocycles. The number of aliphatic hydroxyl groups excluding tert-OH is 1. The Morgan fingerprint density at radius 2 is 1.94 bits per heavy atom. The first-order chi connectivity index (χ1) is 8.72. The lowest BCUT2D eigenvalue weighted by Gasteiger charge is -2.10. The number of methoxy groups -OCH3 is 2. The number of aromatic nitrogens is 2. The lowest BCUT2D eigenvalue weighted by atomic mass is 10.2. The Labute approximate surface area is 106 Å². The number of benzene rings is 1. The molecule has 2 aromatic rings. The second kappa shape index (κ2) is 5.10. The second-order valence-electron chi connectivity index (χ2n) is 3.82. The molecule has 0 spiro atoms. The summed E-state index contributed by atoms with van der Waals surface area (Å²) in [5, 5.41) is 13.7. The molecule has 0 saturated heterocycles. The quantitative estimate of drug-likeness (QED) is 0.894. The first-order valence-corrected chi connectivity index (χ1v) is 5.59. The van der Waals surface area contributed by atoms with Gasteiger partial charge < -0.3 is 14.6 Å². The van der Waals surface area contributed by atoms with Crippen LogP contribution >= 0.6 is 0 Å². The maximum absolute atomic E-state index is 9.35. The van der Waals surface area contributed by atoms with Gasteiger partial charge in [-0.15, -0.1) is 0 Å². The van der Waals surface area contributed by atoms with Crippen LogP contribution in [0, 0.1) is 6.92 Å². The van der Waals surface area contributed by atoms with Crippen molar-refractivity contribution in [1.82, 2.24) is 9.78 Å². The molecule has 1 N–H and O–H groups in total. The van der Waals surface area contributed by atoms with E-state index in [0.29, 0.717) is 17.2 Å². The summed E-state index contributed by atoms with van der Waals surface area (Å²) in [4.78, 5) is 0. The Hall–Kier alpha value is -2.01. The van der Waals surface area contributed by atoms with Crippen LogP contribution in [-0.2, 0) is 6.61 Å². The van der Waals surface area contributed by atoms with Crippen molar-refractivity contribution >= 4 is 0 Å². The van der Waals surface area contributed by atoms with Crippen molar-refractivity contribution in [3.63, 3.8) is 0 Å². The van der Waals surface area contributed by atoms with Crippen molar-refractivity contribution in [1.29, 1.82) is 0 Å². The first-order valence-electron chi connectivity index (χ1n) is 5.59. The van der Waals surface area contributed by atoms with Gasteiger partial charge >= 0.3 is 0 Å². The number of rotatable bonds is 4. The average molecular weight is 248 g/mol. The van der Waals surface area contributed by atoms with Crippen molar-refractivity contribution in [2.45, 2.75) is 13.5 Å². The minimum atomic E-state index is -0.107. The third-order valence-electron chi connectivity index (χ3n) is 2.80. The molecule has 0 unspecified atom stereocenters. The van der Waals surface area contributed by atoms with E-state index in [1.54, 1.807) is 18.9 Å². The van der Waals surface area contributed by atoms with Gasteiger partial charge in [-0.3, -0.25) is 0 Å². The number of para-hydroxylation sites is 2. The summed E-state index contributed by atoms with van der Waals surface area (Å²) >= 11 is 0. The molecule has 1 aromatic heterocycles. The molecular weight excluding hydrogens is 232 g/mol. The molecule has 0 atom stereocenters.